The van der Waals surface area contributed by atoms with E-state index in [0.717, 1.165) is 20.9 Å². The lowest BCUT2D eigenvalue weighted by atomic mass is 10.2. The zero-order valence-corrected chi connectivity index (χ0v) is 15.3. The summed E-state index contributed by atoms with van der Waals surface area (Å²) in [4.78, 5) is 25.1. The molecule has 1 heterocycles. The van der Waals surface area contributed by atoms with Gasteiger partial charge < -0.3 is 5.11 Å². The Morgan fingerprint density at radius 3 is 2.42 bits per heavy atom. The van der Waals surface area contributed by atoms with Crippen molar-refractivity contribution in [3.63, 3.8) is 0 Å². The van der Waals surface area contributed by atoms with E-state index >= 15 is 0 Å². The van der Waals surface area contributed by atoms with E-state index in [1.807, 2.05) is 54.6 Å². The van der Waals surface area contributed by atoms with Crippen LogP contribution in [0, 0.1) is 0 Å². The average molecular weight is 367 g/mol. The monoisotopic (exact) mass is 367 g/mol. The van der Waals surface area contributed by atoms with Crippen molar-refractivity contribution < 1.29 is 19.3 Å². The zero-order valence-electron chi connectivity index (χ0n) is 14.5. The fourth-order valence-corrected chi connectivity index (χ4v) is 3.87. The number of aromatic nitrogens is 1. The van der Waals surface area contributed by atoms with Crippen molar-refractivity contribution >= 4 is 45.2 Å². The van der Waals surface area contributed by atoms with Crippen molar-refractivity contribution in [3.8, 4) is 0 Å². The third-order valence-electron chi connectivity index (χ3n) is 4.06. The van der Waals surface area contributed by atoms with Crippen molar-refractivity contribution in [1.29, 1.82) is 0 Å². The van der Waals surface area contributed by atoms with Gasteiger partial charge in [0.2, 0.25) is 11.4 Å². The SMILES string of the molecule is CC(=O)N(/C=C/c1sc2ccccc2[n+]1C(C)C(=O)O)c1ccccc1. The van der Waals surface area contributed by atoms with Gasteiger partial charge in [0, 0.05) is 37.9 Å². The number of amides is 1. The van der Waals surface area contributed by atoms with Gasteiger partial charge in [0.05, 0.1) is 0 Å². The molecule has 1 atom stereocenters. The second-order valence-corrected chi connectivity index (χ2v) is 6.89. The number of carbonyl (C=O) groups excluding carboxylic acids is 1. The molecule has 3 rings (SSSR count). The predicted molar refractivity (Wildman–Crippen MR) is 103 cm³/mol. The molecule has 1 unspecified atom stereocenters. The maximum absolute atomic E-state index is 12.0. The molecular weight excluding hydrogens is 348 g/mol. The number of carboxylic acid groups (broad SMARTS) is 1. The van der Waals surface area contributed by atoms with Crippen molar-refractivity contribution in [1.82, 2.24) is 0 Å². The number of carboxylic acids is 1. The van der Waals surface area contributed by atoms with E-state index in [2.05, 4.69) is 0 Å². The number of hydrogen-bond acceptors (Lipinski definition) is 3. The Balaban J connectivity index is 2.07. The number of thiazole rings is 1. The first kappa shape index (κ1) is 17.8. The maximum atomic E-state index is 12.0. The molecule has 6 heteroatoms. The van der Waals surface area contributed by atoms with Crippen LogP contribution in [0.3, 0.4) is 0 Å². The molecule has 5 nitrogen and oxygen atoms in total. The van der Waals surface area contributed by atoms with Crippen LogP contribution in [0.1, 0.15) is 24.9 Å². The summed E-state index contributed by atoms with van der Waals surface area (Å²) < 4.78 is 2.77. The summed E-state index contributed by atoms with van der Waals surface area (Å²) in [6, 6.07) is 16.3. The lowest BCUT2D eigenvalue weighted by molar-refractivity contribution is -0.680. The third kappa shape index (κ3) is 3.50. The highest BCUT2D eigenvalue weighted by Crippen LogP contribution is 2.24. The molecule has 0 radical (unpaired) electrons. The minimum atomic E-state index is -0.903. The van der Waals surface area contributed by atoms with Crippen LogP contribution < -0.4 is 9.47 Å². The summed E-state index contributed by atoms with van der Waals surface area (Å²) in [6.07, 6.45) is 3.48. The van der Waals surface area contributed by atoms with Crippen molar-refractivity contribution in [2.45, 2.75) is 19.9 Å². The molecule has 1 amide bonds. The van der Waals surface area contributed by atoms with Crippen LogP contribution in [-0.4, -0.2) is 17.0 Å². The van der Waals surface area contributed by atoms with Gasteiger partial charge in [-0.3, -0.25) is 9.69 Å². The Kier molecular flexibility index (Phi) is 5.14. The molecule has 0 aliphatic heterocycles. The Morgan fingerprint density at radius 2 is 1.77 bits per heavy atom. The highest BCUT2D eigenvalue weighted by atomic mass is 32.1. The second-order valence-electron chi connectivity index (χ2n) is 5.83. The molecule has 1 aromatic heterocycles. The number of rotatable bonds is 5. The molecule has 0 bridgehead atoms. The van der Waals surface area contributed by atoms with E-state index in [1.165, 1.54) is 18.3 Å². The van der Waals surface area contributed by atoms with E-state index in [0.29, 0.717) is 0 Å². The maximum Gasteiger partial charge on any atom is 0.373 e. The molecule has 0 spiro atoms. The number of nitrogens with zero attached hydrogens (tertiary/aromatic N) is 2. The van der Waals surface area contributed by atoms with Gasteiger partial charge in [-0.2, -0.15) is 4.57 Å². The molecular formula is C20H19N2O3S+. The van der Waals surface area contributed by atoms with Crippen LogP contribution in [0.4, 0.5) is 5.69 Å². The van der Waals surface area contributed by atoms with E-state index in [-0.39, 0.29) is 5.91 Å². The summed E-state index contributed by atoms with van der Waals surface area (Å²) in [5.41, 5.74) is 1.62. The molecule has 0 fully saturated rings. The number of benzene rings is 2. The first-order valence-corrected chi connectivity index (χ1v) is 8.99. The summed E-state index contributed by atoms with van der Waals surface area (Å²) in [5.74, 6) is -1.02. The van der Waals surface area contributed by atoms with Gasteiger partial charge in [-0.25, -0.2) is 4.79 Å². The topological polar surface area (TPSA) is 61.5 Å². The van der Waals surface area contributed by atoms with Gasteiger partial charge >= 0.3 is 5.97 Å². The van der Waals surface area contributed by atoms with Crippen molar-refractivity contribution in [2.75, 3.05) is 4.90 Å². The molecule has 0 aliphatic rings. The minimum Gasteiger partial charge on any atom is -0.476 e. The van der Waals surface area contributed by atoms with Gasteiger partial charge in [-0.05, 0) is 18.2 Å². The van der Waals surface area contributed by atoms with Crippen LogP contribution in [0.5, 0.6) is 0 Å². The number of carbonyl (C=O) groups is 2. The van der Waals surface area contributed by atoms with Gasteiger partial charge in [0.25, 0.3) is 11.0 Å². The first-order chi connectivity index (χ1) is 12.5. The fraction of sp³-hybridized carbons (Fsp3) is 0.150. The molecule has 26 heavy (non-hydrogen) atoms. The standard InChI is InChI=1S/C20H18N2O3S/c1-14(20(24)25)22-17-10-6-7-11-18(17)26-19(22)12-13-21(15(2)23)16-8-4-3-5-9-16/h3-14H,1-2H3/p+1. The molecule has 0 saturated heterocycles. The number of para-hydroxylation sites is 2. The first-order valence-electron chi connectivity index (χ1n) is 8.18. The van der Waals surface area contributed by atoms with Gasteiger partial charge in [-0.1, -0.05) is 41.7 Å². The minimum absolute atomic E-state index is 0.119. The predicted octanol–water partition coefficient (Wildman–Crippen LogP) is 3.86. The molecule has 132 valence electrons. The summed E-state index contributed by atoms with van der Waals surface area (Å²) in [7, 11) is 0. The smallest absolute Gasteiger partial charge is 0.373 e. The average Bonchev–Trinajstić information content (AvgIpc) is 3.00. The highest BCUT2D eigenvalue weighted by molar-refractivity contribution is 7.18. The molecule has 1 N–H and O–H groups in total. The van der Waals surface area contributed by atoms with Crippen LogP contribution in [-0.2, 0) is 9.59 Å². The number of hydrogen-bond donors (Lipinski definition) is 1. The van der Waals surface area contributed by atoms with Crippen LogP contribution in [0.25, 0.3) is 16.3 Å². The second kappa shape index (κ2) is 7.49. The van der Waals surface area contributed by atoms with Gasteiger partial charge in [0.15, 0.2) is 0 Å². The van der Waals surface area contributed by atoms with Gasteiger partial charge in [0.1, 0.15) is 4.70 Å². The zero-order chi connectivity index (χ0) is 18.7. The fourth-order valence-electron chi connectivity index (χ4n) is 2.75. The highest BCUT2D eigenvalue weighted by Gasteiger charge is 2.29. The van der Waals surface area contributed by atoms with E-state index in [9.17, 15) is 14.7 Å². The Labute approximate surface area is 155 Å². The molecule has 2 aromatic carbocycles. The lowest BCUT2D eigenvalue weighted by Crippen LogP contribution is -2.43. The van der Waals surface area contributed by atoms with E-state index in [4.69, 9.17) is 0 Å². The van der Waals surface area contributed by atoms with Crippen molar-refractivity contribution in [2.24, 2.45) is 0 Å². The lowest BCUT2D eigenvalue weighted by Gasteiger charge is -2.15. The Morgan fingerprint density at radius 1 is 1.12 bits per heavy atom. The van der Waals surface area contributed by atoms with E-state index in [1.54, 1.807) is 28.7 Å². The summed E-state index contributed by atoms with van der Waals surface area (Å²) >= 11 is 1.49. The quantitative estimate of drug-likeness (QED) is 0.697. The van der Waals surface area contributed by atoms with Crippen molar-refractivity contribution in [3.05, 3.63) is 65.8 Å². The third-order valence-corrected chi connectivity index (χ3v) is 5.17. The largest absolute Gasteiger partial charge is 0.476 e. The summed E-state index contributed by atoms with van der Waals surface area (Å²) in [6.45, 7) is 3.15. The Bertz CT molecular complexity index is 979. The van der Waals surface area contributed by atoms with Crippen LogP contribution in [0.2, 0.25) is 0 Å². The molecule has 0 aliphatic carbocycles. The van der Waals surface area contributed by atoms with Crippen LogP contribution >= 0.6 is 11.3 Å². The normalized spacial score (nSPS) is 12.4. The number of aliphatic carboxylic acids is 1. The molecule has 3 aromatic rings. The van der Waals surface area contributed by atoms with Gasteiger partial charge in [-0.15, -0.1) is 0 Å². The summed E-state index contributed by atoms with van der Waals surface area (Å²) in [5, 5.41) is 10.2. The number of anilines is 1. The Hall–Kier alpha value is -2.99. The molecule has 0 saturated carbocycles. The van der Waals surface area contributed by atoms with E-state index < -0.39 is 12.0 Å². The number of fused-ring (bicyclic) bond motifs is 1. The van der Waals surface area contributed by atoms with Crippen LogP contribution in [0.15, 0.2) is 60.8 Å².